The molecular formula is C13H15N3S. The molecule has 3 nitrogen and oxygen atoms in total. The van der Waals surface area contributed by atoms with Crippen LogP contribution in [0.3, 0.4) is 0 Å². The topological polar surface area (TPSA) is 30.7 Å². The third-order valence-corrected chi connectivity index (χ3v) is 4.02. The number of aryl methyl sites for hydroxylation is 1. The molecule has 2 heterocycles. The molecule has 0 fully saturated rings. The summed E-state index contributed by atoms with van der Waals surface area (Å²) in [6.45, 7) is 2.20. The lowest BCUT2D eigenvalue weighted by molar-refractivity contribution is 0.723. The minimum absolute atomic E-state index is 1.00. The van der Waals surface area contributed by atoms with Gasteiger partial charge in [0.15, 0.2) is 5.16 Å². The Bertz CT molecular complexity index is 533. The van der Waals surface area contributed by atoms with Crippen LogP contribution in [0.25, 0.3) is 5.69 Å². The van der Waals surface area contributed by atoms with Gasteiger partial charge in [-0.25, -0.2) is 0 Å². The van der Waals surface area contributed by atoms with Gasteiger partial charge < -0.3 is 0 Å². The van der Waals surface area contributed by atoms with Crippen LogP contribution in [0.5, 0.6) is 0 Å². The van der Waals surface area contributed by atoms with Crippen LogP contribution in [0, 0.1) is 0 Å². The van der Waals surface area contributed by atoms with Gasteiger partial charge >= 0.3 is 0 Å². The first-order valence-corrected chi connectivity index (χ1v) is 7.04. The molecule has 0 bridgehead atoms. The van der Waals surface area contributed by atoms with Crippen LogP contribution in [0.2, 0.25) is 0 Å². The second kappa shape index (κ2) is 4.53. The van der Waals surface area contributed by atoms with E-state index in [1.54, 1.807) is 11.8 Å². The molecule has 1 aromatic heterocycles. The van der Waals surface area contributed by atoms with Gasteiger partial charge in [-0.15, -0.1) is 10.2 Å². The van der Waals surface area contributed by atoms with E-state index in [4.69, 9.17) is 0 Å². The third-order valence-electron chi connectivity index (χ3n) is 3.04. The second-order valence-corrected chi connectivity index (χ2v) is 5.20. The molecule has 2 aromatic rings. The van der Waals surface area contributed by atoms with Crippen molar-refractivity contribution < 1.29 is 0 Å². The summed E-state index contributed by atoms with van der Waals surface area (Å²) in [5.41, 5.74) is 2.64. The number of thioether (sulfide) groups is 1. The van der Waals surface area contributed by atoms with Gasteiger partial charge in [0, 0.05) is 12.2 Å². The van der Waals surface area contributed by atoms with Gasteiger partial charge in [-0.3, -0.25) is 4.57 Å². The van der Waals surface area contributed by atoms with Crippen molar-refractivity contribution in [2.75, 3.05) is 0 Å². The number of fused-ring (bicyclic) bond motifs is 3. The summed E-state index contributed by atoms with van der Waals surface area (Å²) >= 11 is 1.78. The minimum Gasteiger partial charge on any atom is -0.274 e. The van der Waals surface area contributed by atoms with Crippen LogP contribution in [-0.4, -0.2) is 14.8 Å². The smallest absolute Gasteiger partial charge is 0.196 e. The number of nitrogens with zero attached hydrogens (tertiary/aromatic N) is 3. The first kappa shape index (κ1) is 10.8. The number of hydrogen-bond donors (Lipinski definition) is 0. The van der Waals surface area contributed by atoms with Gasteiger partial charge in [0.05, 0.1) is 5.69 Å². The van der Waals surface area contributed by atoms with E-state index < -0.39 is 0 Å². The van der Waals surface area contributed by atoms with E-state index in [-0.39, 0.29) is 0 Å². The monoisotopic (exact) mass is 245 g/mol. The average molecular weight is 245 g/mol. The summed E-state index contributed by atoms with van der Waals surface area (Å²) in [4.78, 5) is 0. The van der Waals surface area contributed by atoms with E-state index in [1.165, 1.54) is 24.1 Å². The number of hydrogen-bond acceptors (Lipinski definition) is 3. The van der Waals surface area contributed by atoms with E-state index in [0.29, 0.717) is 0 Å². The molecule has 0 amide bonds. The Morgan fingerprint density at radius 1 is 1.29 bits per heavy atom. The summed E-state index contributed by atoms with van der Waals surface area (Å²) in [6, 6.07) is 8.54. The summed E-state index contributed by atoms with van der Waals surface area (Å²) in [5, 5.41) is 9.65. The molecule has 17 heavy (non-hydrogen) atoms. The summed E-state index contributed by atoms with van der Waals surface area (Å²) in [6.07, 6.45) is 3.38. The molecule has 0 aliphatic carbocycles. The molecular weight excluding hydrogens is 230 g/mol. The van der Waals surface area contributed by atoms with Gasteiger partial charge in [-0.05, 0) is 18.1 Å². The van der Waals surface area contributed by atoms with Crippen LogP contribution in [0.1, 0.15) is 31.2 Å². The highest BCUT2D eigenvalue weighted by atomic mass is 32.2. The van der Waals surface area contributed by atoms with Crippen molar-refractivity contribution in [2.45, 2.75) is 37.1 Å². The van der Waals surface area contributed by atoms with Crippen molar-refractivity contribution in [1.82, 2.24) is 14.8 Å². The van der Waals surface area contributed by atoms with Gasteiger partial charge in [0.1, 0.15) is 5.82 Å². The van der Waals surface area contributed by atoms with Crippen molar-refractivity contribution in [1.29, 1.82) is 0 Å². The van der Waals surface area contributed by atoms with E-state index >= 15 is 0 Å². The van der Waals surface area contributed by atoms with Gasteiger partial charge in [-0.1, -0.05) is 43.3 Å². The zero-order chi connectivity index (χ0) is 11.7. The van der Waals surface area contributed by atoms with Crippen molar-refractivity contribution in [3.8, 4) is 5.69 Å². The fraction of sp³-hybridized carbons (Fsp3) is 0.385. The largest absolute Gasteiger partial charge is 0.274 e. The zero-order valence-corrected chi connectivity index (χ0v) is 10.7. The van der Waals surface area contributed by atoms with Crippen molar-refractivity contribution in [3.05, 3.63) is 35.7 Å². The van der Waals surface area contributed by atoms with Gasteiger partial charge in [-0.2, -0.15) is 0 Å². The Morgan fingerprint density at radius 2 is 2.18 bits per heavy atom. The predicted molar refractivity (Wildman–Crippen MR) is 69.5 cm³/mol. The Labute approximate surface area is 105 Å². The molecule has 88 valence electrons. The van der Waals surface area contributed by atoms with E-state index in [0.717, 1.165) is 23.2 Å². The summed E-state index contributed by atoms with van der Waals surface area (Å²) < 4.78 is 2.22. The summed E-state index contributed by atoms with van der Waals surface area (Å²) in [7, 11) is 0. The fourth-order valence-electron chi connectivity index (χ4n) is 2.13. The highest BCUT2D eigenvalue weighted by Crippen LogP contribution is 2.33. The van der Waals surface area contributed by atoms with Crippen LogP contribution in [0.4, 0.5) is 0 Å². The number of unbranched alkanes of at least 4 members (excludes halogenated alkanes) is 1. The molecule has 0 radical (unpaired) electrons. The SMILES string of the molecule is CCCCc1nnc2n1-c1ccccc1CS2. The van der Waals surface area contributed by atoms with Gasteiger partial charge in [0.2, 0.25) is 0 Å². The fourth-order valence-corrected chi connectivity index (χ4v) is 3.09. The molecule has 1 aromatic carbocycles. The third kappa shape index (κ3) is 1.86. The molecule has 0 N–H and O–H groups in total. The number of aromatic nitrogens is 3. The molecule has 3 rings (SSSR count). The van der Waals surface area contributed by atoms with E-state index in [2.05, 4.69) is 46.0 Å². The van der Waals surface area contributed by atoms with Crippen LogP contribution >= 0.6 is 11.8 Å². The highest BCUT2D eigenvalue weighted by molar-refractivity contribution is 7.98. The maximum atomic E-state index is 4.33. The maximum absolute atomic E-state index is 4.33. The summed E-state index contributed by atoms with van der Waals surface area (Å²) in [5.74, 6) is 2.10. The first-order valence-electron chi connectivity index (χ1n) is 6.05. The first-order chi connectivity index (χ1) is 8.40. The lowest BCUT2D eigenvalue weighted by atomic mass is 10.2. The molecule has 4 heteroatoms. The molecule has 0 atom stereocenters. The number of rotatable bonds is 3. The quantitative estimate of drug-likeness (QED) is 0.832. The van der Waals surface area contributed by atoms with Crippen molar-refractivity contribution in [3.63, 3.8) is 0 Å². The average Bonchev–Trinajstić information content (AvgIpc) is 2.80. The van der Waals surface area contributed by atoms with Crippen LogP contribution < -0.4 is 0 Å². The molecule has 0 saturated heterocycles. The molecule has 0 saturated carbocycles. The maximum Gasteiger partial charge on any atom is 0.196 e. The highest BCUT2D eigenvalue weighted by Gasteiger charge is 2.20. The number of benzene rings is 1. The van der Waals surface area contributed by atoms with Crippen LogP contribution in [-0.2, 0) is 12.2 Å². The molecule has 1 aliphatic rings. The Hall–Kier alpha value is -1.29. The van der Waals surface area contributed by atoms with E-state index in [1.807, 2.05) is 0 Å². The van der Waals surface area contributed by atoms with Gasteiger partial charge in [0.25, 0.3) is 0 Å². The second-order valence-electron chi connectivity index (χ2n) is 4.26. The lowest BCUT2D eigenvalue weighted by Gasteiger charge is -2.18. The lowest BCUT2D eigenvalue weighted by Crippen LogP contribution is -2.09. The predicted octanol–water partition coefficient (Wildman–Crippen LogP) is 3.22. The Morgan fingerprint density at radius 3 is 3.06 bits per heavy atom. The van der Waals surface area contributed by atoms with Crippen molar-refractivity contribution in [2.24, 2.45) is 0 Å². The molecule has 1 aliphatic heterocycles. The van der Waals surface area contributed by atoms with E-state index in [9.17, 15) is 0 Å². The minimum atomic E-state index is 1.00. The van der Waals surface area contributed by atoms with Crippen molar-refractivity contribution >= 4 is 11.8 Å². The Kier molecular flexibility index (Phi) is 2.89. The standard InChI is InChI=1S/C13H15N3S/c1-2-3-8-12-14-15-13-16(12)11-7-5-4-6-10(11)9-17-13/h4-7H,2-3,8-9H2,1H3. The normalized spacial score (nSPS) is 13.2. The Balaban J connectivity index is 2.06. The number of para-hydroxylation sites is 1. The van der Waals surface area contributed by atoms with Crippen LogP contribution in [0.15, 0.2) is 29.4 Å². The zero-order valence-electron chi connectivity index (χ0n) is 9.89. The molecule has 0 unspecified atom stereocenters. The molecule has 0 spiro atoms.